The van der Waals surface area contributed by atoms with Gasteiger partial charge in [0.25, 0.3) is 0 Å². The van der Waals surface area contributed by atoms with Crippen LogP contribution < -0.4 is 11.1 Å². The summed E-state index contributed by atoms with van der Waals surface area (Å²) in [6, 6.07) is 1.40. The summed E-state index contributed by atoms with van der Waals surface area (Å²) in [5.41, 5.74) is 5.75. The number of aromatic nitrogens is 1. The van der Waals surface area contributed by atoms with Crippen molar-refractivity contribution in [1.82, 2.24) is 4.98 Å². The topological polar surface area (TPSA) is 88.2 Å². The second-order valence-electron chi connectivity index (χ2n) is 2.26. The van der Waals surface area contributed by atoms with E-state index in [4.69, 9.17) is 10.8 Å². The summed E-state index contributed by atoms with van der Waals surface area (Å²) in [5, 5.41) is 11.3. The summed E-state index contributed by atoms with van der Waals surface area (Å²) in [6.45, 7) is 0. The number of hydrogen-bond donors (Lipinski definition) is 3. The molecule has 0 aliphatic carbocycles. The quantitative estimate of drug-likeness (QED) is 0.596. The summed E-state index contributed by atoms with van der Waals surface area (Å²) >= 11 is 4.58. The number of thiocarbonyl (C=S) groups is 1. The maximum atomic E-state index is 10.5. The molecule has 0 amide bonds. The lowest BCUT2D eigenvalue weighted by Gasteiger charge is -2.02. The van der Waals surface area contributed by atoms with Crippen LogP contribution in [0.1, 0.15) is 10.4 Å². The largest absolute Gasteiger partial charge is 0.478 e. The standard InChI is InChI=1S/C7H7N3O2S/c8-7(13)10-5-1-4(6(11)12)2-9-3-5/h1-3H,(H,11,12)(H3,8,10,13). The highest BCUT2D eigenvalue weighted by Gasteiger charge is 2.03. The van der Waals surface area contributed by atoms with E-state index in [-0.39, 0.29) is 10.7 Å². The highest BCUT2D eigenvalue weighted by atomic mass is 32.1. The number of nitrogens with two attached hydrogens (primary N) is 1. The van der Waals surface area contributed by atoms with Crippen LogP contribution in [0.2, 0.25) is 0 Å². The van der Waals surface area contributed by atoms with Crippen LogP contribution in [0.4, 0.5) is 5.69 Å². The van der Waals surface area contributed by atoms with E-state index in [1.165, 1.54) is 18.5 Å². The molecule has 5 nitrogen and oxygen atoms in total. The zero-order valence-corrected chi connectivity index (χ0v) is 7.34. The van der Waals surface area contributed by atoms with Crippen molar-refractivity contribution in [2.75, 3.05) is 5.32 Å². The summed E-state index contributed by atoms with van der Waals surface area (Å²) in [6.07, 6.45) is 2.68. The molecule has 0 spiro atoms. The van der Waals surface area contributed by atoms with Crippen LogP contribution in [0.3, 0.4) is 0 Å². The van der Waals surface area contributed by atoms with Crippen molar-refractivity contribution in [2.45, 2.75) is 0 Å². The molecule has 0 unspecified atom stereocenters. The van der Waals surface area contributed by atoms with E-state index < -0.39 is 5.97 Å². The third-order valence-corrected chi connectivity index (χ3v) is 1.35. The van der Waals surface area contributed by atoms with Gasteiger partial charge < -0.3 is 16.2 Å². The Hall–Kier alpha value is -1.69. The summed E-state index contributed by atoms with van der Waals surface area (Å²) in [5.74, 6) is -1.04. The highest BCUT2D eigenvalue weighted by Crippen LogP contribution is 2.07. The second kappa shape index (κ2) is 3.81. The van der Waals surface area contributed by atoms with Crippen molar-refractivity contribution >= 4 is 29.0 Å². The Kier molecular flexibility index (Phi) is 2.76. The van der Waals surface area contributed by atoms with Crippen molar-refractivity contribution in [3.63, 3.8) is 0 Å². The predicted molar refractivity (Wildman–Crippen MR) is 51.6 cm³/mol. The minimum absolute atomic E-state index is 0.0735. The van der Waals surface area contributed by atoms with E-state index in [9.17, 15) is 4.79 Å². The van der Waals surface area contributed by atoms with Crippen molar-refractivity contribution < 1.29 is 9.90 Å². The lowest BCUT2D eigenvalue weighted by Crippen LogP contribution is -2.19. The molecule has 1 aromatic rings. The summed E-state index contributed by atoms with van der Waals surface area (Å²) in [7, 11) is 0. The molecular weight excluding hydrogens is 190 g/mol. The van der Waals surface area contributed by atoms with E-state index in [2.05, 4.69) is 22.5 Å². The van der Waals surface area contributed by atoms with Gasteiger partial charge in [-0.2, -0.15) is 0 Å². The molecule has 68 valence electrons. The molecule has 4 N–H and O–H groups in total. The molecule has 6 heteroatoms. The van der Waals surface area contributed by atoms with Gasteiger partial charge in [0, 0.05) is 6.20 Å². The van der Waals surface area contributed by atoms with Crippen LogP contribution in [0, 0.1) is 0 Å². The minimum Gasteiger partial charge on any atom is -0.478 e. The third kappa shape index (κ3) is 2.68. The lowest BCUT2D eigenvalue weighted by molar-refractivity contribution is 0.0696. The maximum Gasteiger partial charge on any atom is 0.337 e. The Labute approximate surface area is 79.6 Å². The van der Waals surface area contributed by atoms with Crippen LogP contribution in [-0.2, 0) is 0 Å². The molecule has 0 saturated heterocycles. The first kappa shape index (κ1) is 9.40. The van der Waals surface area contributed by atoms with Gasteiger partial charge in [-0.1, -0.05) is 0 Å². The number of anilines is 1. The normalized spacial score (nSPS) is 9.23. The van der Waals surface area contributed by atoms with Gasteiger partial charge in [0.1, 0.15) is 0 Å². The molecule has 0 aromatic carbocycles. The molecule has 0 fully saturated rings. The monoisotopic (exact) mass is 197 g/mol. The fourth-order valence-electron chi connectivity index (χ4n) is 0.768. The first-order chi connectivity index (χ1) is 6.09. The Morgan fingerprint density at radius 2 is 2.31 bits per heavy atom. The molecule has 1 heterocycles. The molecule has 1 rings (SSSR count). The number of carboxylic acids is 1. The summed E-state index contributed by atoms with van der Waals surface area (Å²) < 4.78 is 0. The zero-order chi connectivity index (χ0) is 9.84. The fourth-order valence-corrected chi connectivity index (χ4v) is 0.885. The van der Waals surface area contributed by atoms with Gasteiger partial charge >= 0.3 is 5.97 Å². The molecular formula is C7H7N3O2S. The van der Waals surface area contributed by atoms with Gasteiger partial charge in [0.05, 0.1) is 17.4 Å². The van der Waals surface area contributed by atoms with Crippen molar-refractivity contribution in [3.8, 4) is 0 Å². The minimum atomic E-state index is -1.04. The Morgan fingerprint density at radius 3 is 2.85 bits per heavy atom. The number of pyridine rings is 1. The van der Waals surface area contributed by atoms with Gasteiger partial charge in [0.2, 0.25) is 0 Å². The Morgan fingerprint density at radius 1 is 1.62 bits per heavy atom. The van der Waals surface area contributed by atoms with E-state index in [0.717, 1.165) is 0 Å². The Balaban J connectivity index is 2.91. The van der Waals surface area contributed by atoms with Crippen LogP contribution in [0.5, 0.6) is 0 Å². The highest BCUT2D eigenvalue weighted by molar-refractivity contribution is 7.80. The van der Waals surface area contributed by atoms with Gasteiger partial charge in [-0.3, -0.25) is 4.98 Å². The molecule has 0 aliphatic rings. The van der Waals surface area contributed by atoms with Crippen LogP contribution in [0.15, 0.2) is 18.5 Å². The predicted octanol–water partition coefficient (Wildman–Crippen LogP) is 0.435. The SMILES string of the molecule is NC(=S)Nc1cncc(C(=O)O)c1. The van der Waals surface area contributed by atoms with Crippen molar-refractivity contribution in [3.05, 3.63) is 24.0 Å². The molecule has 0 saturated carbocycles. The van der Waals surface area contributed by atoms with E-state index in [0.29, 0.717) is 5.69 Å². The number of rotatable bonds is 2. The van der Waals surface area contributed by atoms with Gasteiger partial charge in [-0.05, 0) is 18.3 Å². The molecule has 0 radical (unpaired) electrons. The van der Waals surface area contributed by atoms with Crippen LogP contribution in [-0.4, -0.2) is 21.2 Å². The van der Waals surface area contributed by atoms with E-state index in [1.54, 1.807) is 0 Å². The smallest absolute Gasteiger partial charge is 0.337 e. The summed E-state index contributed by atoms with van der Waals surface area (Å²) in [4.78, 5) is 14.2. The molecule has 0 atom stereocenters. The average Bonchev–Trinajstić information content (AvgIpc) is 2.03. The van der Waals surface area contributed by atoms with Gasteiger partial charge in [-0.15, -0.1) is 0 Å². The number of hydrogen-bond acceptors (Lipinski definition) is 3. The average molecular weight is 197 g/mol. The first-order valence-electron chi connectivity index (χ1n) is 3.34. The van der Waals surface area contributed by atoms with Crippen LogP contribution in [0.25, 0.3) is 0 Å². The maximum absolute atomic E-state index is 10.5. The number of nitrogens with one attached hydrogen (secondary N) is 1. The number of carboxylic acid groups (broad SMARTS) is 1. The first-order valence-corrected chi connectivity index (χ1v) is 3.75. The van der Waals surface area contributed by atoms with Gasteiger partial charge in [0.15, 0.2) is 5.11 Å². The van der Waals surface area contributed by atoms with Crippen LogP contribution >= 0.6 is 12.2 Å². The van der Waals surface area contributed by atoms with E-state index >= 15 is 0 Å². The van der Waals surface area contributed by atoms with Gasteiger partial charge in [-0.25, -0.2) is 4.79 Å². The van der Waals surface area contributed by atoms with Crippen molar-refractivity contribution in [2.24, 2.45) is 5.73 Å². The number of nitrogens with zero attached hydrogens (tertiary/aromatic N) is 1. The Bertz CT molecular complexity index is 353. The molecule has 0 aliphatic heterocycles. The number of carbonyl (C=O) groups is 1. The molecule has 0 bridgehead atoms. The zero-order valence-electron chi connectivity index (χ0n) is 6.52. The third-order valence-electron chi connectivity index (χ3n) is 1.25. The molecule has 13 heavy (non-hydrogen) atoms. The number of aromatic carboxylic acids is 1. The van der Waals surface area contributed by atoms with Crippen molar-refractivity contribution in [1.29, 1.82) is 0 Å². The second-order valence-corrected chi connectivity index (χ2v) is 2.70. The molecule has 1 aromatic heterocycles. The fraction of sp³-hybridized carbons (Fsp3) is 0. The van der Waals surface area contributed by atoms with E-state index in [1.807, 2.05) is 0 Å². The lowest BCUT2D eigenvalue weighted by atomic mass is 10.3.